The van der Waals surface area contributed by atoms with Crippen LogP contribution >= 0.6 is 0 Å². The summed E-state index contributed by atoms with van der Waals surface area (Å²) in [6.07, 6.45) is -8.36. The predicted octanol–water partition coefficient (Wildman–Crippen LogP) is 3.22. The van der Waals surface area contributed by atoms with Gasteiger partial charge in [-0.25, -0.2) is 13.6 Å². The maximum Gasteiger partial charge on any atom is 0.573 e. The van der Waals surface area contributed by atoms with Crippen LogP contribution in [0.4, 0.5) is 22.0 Å². The fraction of sp³-hybridized carbons (Fsp3) is 0.222. The van der Waals surface area contributed by atoms with Gasteiger partial charge >= 0.3 is 12.3 Å². The lowest BCUT2D eigenvalue weighted by Crippen LogP contribution is -2.19. The summed E-state index contributed by atoms with van der Waals surface area (Å²) in [6.45, 7) is 0. The Bertz CT molecular complexity index is 427. The fourth-order valence-corrected chi connectivity index (χ4v) is 1.17. The summed E-state index contributed by atoms with van der Waals surface area (Å²) in [6, 6.07) is 2.23. The topological polar surface area (TPSA) is 46.5 Å². The van der Waals surface area contributed by atoms with Crippen LogP contribution in [0.25, 0.3) is 0 Å². The first-order chi connectivity index (χ1) is 7.72. The van der Waals surface area contributed by atoms with Gasteiger partial charge in [-0.05, 0) is 6.07 Å². The van der Waals surface area contributed by atoms with Crippen molar-refractivity contribution in [3.05, 3.63) is 29.3 Å². The second-order valence-corrected chi connectivity index (χ2v) is 2.87. The number of hydrogen-bond acceptors (Lipinski definition) is 2. The van der Waals surface area contributed by atoms with Crippen molar-refractivity contribution in [2.24, 2.45) is 0 Å². The number of carboxylic acids is 1. The second-order valence-electron chi connectivity index (χ2n) is 2.87. The van der Waals surface area contributed by atoms with Gasteiger partial charge in [0.25, 0.3) is 6.43 Å². The van der Waals surface area contributed by atoms with Crippen molar-refractivity contribution >= 4 is 5.97 Å². The summed E-state index contributed by atoms with van der Waals surface area (Å²) in [4.78, 5) is 10.7. The molecule has 0 bridgehead atoms. The molecule has 0 heterocycles. The molecule has 3 nitrogen and oxygen atoms in total. The summed E-state index contributed by atoms with van der Waals surface area (Å²) in [5, 5.41) is 8.61. The van der Waals surface area contributed by atoms with Crippen molar-refractivity contribution in [2.45, 2.75) is 12.8 Å². The number of ether oxygens (including phenoxy) is 1. The highest BCUT2D eigenvalue weighted by Gasteiger charge is 2.34. The molecule has 0 aliphatic carbocycles. The van der Waals surface area contributed by atoms with Crippen LogP contribution in [-0.4, -0.2) is 17.4 Å². The number of rotatable bonds is 3. The molecule has 0 aromatic heterocycles. The van der Waals surface area contributed by atoms with Gasteiger partial charge in [0.2, 0.25) is 0 Å². The lowest BCUT2D eigenvalue weighted by molar-refractivity contribution is -0.274. The third-order valence-electron chi connectivity index (χ3n) is 1.73. The molecule has 17 heavy (non-hydrogen) atoms. The summed E-state index contributed by atoms with van der Waals surface area (Å²) in [5.41, 5.74) is -2.22. The SMILES string of the molecule is O=C(O)c1c(OC(F)(F)F)cccc1C(F)F. The molecule has 1 aromatic carbocycles. The molecule has 94 valence electrons. The highest BCUT2D eigenvalue weighted by molar-refractivity contribution is 5.92. The fourth-order valence-electron chi connectivity index (χ4n) is 1.17. The Morgan fingerprint density at radius 1 is 1.29 bits per heavy atom. The Balaban J connectivity index is 3.30. The van der Waals surface area contributed by atoms with Crippen LogP contribution in [0.5, 0.6) is 5.75 Å². The van der Waals surface area contributed by atoms with Crippen molar-refractivity contribution in [3.63, 3.8) is 0 Å². The molecule has 8 heteroatoms. The van der Waals surface area contributed by atoms with Crippen molar-refractivity contribution in [1.82, 2.24) is 0 Å². The largest absolute Gasteiger partial charge is 0.573 e. The molecule has 0 saturated heterocycles. The molecular formula is C9H5F5O3. The Kier molecular flexibility index (Phi) is 3.54. The number of hydrogen-bond donors (Lipinski definition) is 1. The zero-order valence-electron chi connectivity index (χ0n) is 7.96. The first-order valence-corrected chi connectivity index (χ1v) is 4.12. The van der Waals surface area contributed by atoms with E-state index in [9.17, 15) is 26.7 Å². The lowest BCUT2D eigenvalue weighted by atomic mass is 10.1. The Morgan fingerprint density at radius 3 is 2.29 bits per heavy atom. The number of alkyl halides is 5. The standard InChI is InChI=1S/C9H5F5O3/c10-7(11)4-2-1-3-5(6(4)8(15)16)17-9(12,13)14/h1-3,7H,(H,15,16). The van der Waals surface area contributed by atoms with Gasteiger partial charge in [0.15, 0.2) is 0 Å². The first kappa shape index (κ1) is 13.2. The van der Waals surface area contributed by atoms with Crippen molar-refractivity contribution in [2.75, 3.05) is 0 Å². The van der Waals surface area contributed by atoms with E-state index in [1.807, 2.05) is 0 Å². The third-order valence-corrected chi connectivity index (χ3v) is 1.73. The second kappa shape index (κ2) is 4.56. The monoisotopic (exact) mass is 256 g/mol. The minimum Gasteiger partial charge on any atom is -0.478 e. The first-order valence-electron chi connectivity index (χ1n) is 4.12. The van der Waals surface area contributed by atoms with Gasteiger partial charge in [0.1, 0.15) is 11.3 Å². The smallest absolute Gasteiger partial charge is 0.478 e. The van der Waals surface area contributed by atoms with Gasteiger partial charge in [-0.15, -0.1) is 13.2 Å². The van der Waals surface area contributed by atoms with Crippen LogP contribution in [0.15, 0.2) is 18.2 Å². The normalized spacial score (nSPS) is 11.6. The van der Waals surface area contributed by atoms with E-state index < -0.39 is 35.6 Å². The molecule has 0 radical (unpaired) electrons. The van der Waals surface area contributed by atoms with Crippen molar-refractivity contribution in [1.29, 1.82) is 0 Å². The quantitative estimate of drug-likeness (QED) is 0.844. The molecular weight excluding hydrogens is 251 g/mol. The minimum absolute atomic E-state index is 0.656. The molecule has 0 fully saturated rings. The number of carbonyl (C=O) groups is 1. The zero-order chi connectivity index (χ0) is 13.2. The molecule has 0 unspecified atom stereocenters. The summed E-state index contributed by atoms with van der Waals surface area (Å²) >= 11 is 0. The zero-order valence-corrected chi connectivity index (χ0v) is 7.96. The van der Waals surface area contributed by atoms with E-state index in [1.165, 1.54) is 0 Å². The van der Waals surface area contributed by atoms with Crippen molar-refractivity contribution < 1.29 is 36.6 Å². The molecule has 0 amide bonds. The molecule has 0 aliphatic heterocycles. The van der Waals surface area contributed by atoms with Crippen LogP contribution in [0.3, 0.4) is 0 Å². The van der Waals surface area contributed by atoms with E-state index in [0.29, 0.717) is 6.07 Å². The average molecular weight is 256 g/mol. The van der Waals surface area contributed by atoms with Crippen LogP contribution in [-0.2, 0) is 0 Å². The third kappa shape index (κ3) is 3.30. The van der Waals surface area contributed by atoms with Gasteiger partial charge < -0.3 is 9.84 Å². The number of carboxylic acid groups (broad SMARTS) is 1. The Labute approximate surface area is 91.4 Å². The van der Waals surface area contributed by atoms with Gasteiger partial charge in [-0.1, -0.05) is 12.1 Å². The number of halogens is 5. The molecule has 1 N–H and O–H groups in total. The van der Waals surface area contributed by atoms with Crippen LogP contribution in [0.2, 0.25) is 0 Å². The van der Waals surface area contributed by atoms with Gasteiger partial charge in [0.05, 0.1) is 0 Å². The maximum atomic E-state index is 12.4. The van der Waals surface area contributed by atoms with Crippen LogP contribution in [0.1, 0.15) is 22.3 Å². The van der Waals surface area contributed by atoms with Crippen LogP contribution < -0.4 is 4.74 Å². The van der Waals surface area contributed by atoms with Gasteiger partial charge in [0, 0.05) is 5.56 Å². The average Bonchev–Trinajstić information content (AvgIpc) is 2.14. The minimum atomic E-state index is -5.15. The Morgan fingerprint density at radius 2 is 1.88 bits per heavy atom. The van der Waals surface area contributed by atoms with E-state index in [4.69, 9.17) is 5.11 Å². The highest BCUT2D eigenvalue weighted by Crippen LogP contribution is 2.32. The lowest BCUT2D eigenvalue weighted by Gasteiger charge is -2.13. The Hall–Kier alpha value is -1.86. The molecule has 0 spiro atoms. The van der Waals surface area contributed by atoms with E-state index in [0.717, 1.165) is 12.1 Å². The van der Waals surface area contributed by atoms with E-state index in [2.05, 4.69) is 4.74 Å². The van der Waals surface area contributed by atoms with Gasteiger partial charge in [-0.2, -0.15) is 0 Å². The number of benzene rings is 1. The molecule has 0 saturated carbocycles. The molecule has 0 aliphatic rings. The molecule has 1 aromatic rings. The van der Waals surface area contributed by atoms with E-state index in [-0.39, 0.29) is 0 Å². The highest BCUT2D eigenvalue weighted by atomic mass is 19.4. The summed E-state index contributed by atoms with van der Waals surface area (Å²) < 4.78 is 63.9. The van der Waals surface area contributed by atoms with E-state index >= 15 is 0 Å². The molecule has 1 rings (SSSR count). The number of aromatic carboxylic acids is 1. The predicted molar refractivity (Wildman–Crippen MR) is 45.0 cm³/mol. The summed E-state index contributed by atoms with van der Waals surface area (Å²) in [7, 11) is 0. The maximum absolute atomic E-state index is 12.4. The van der Waals surface area contributed by atoms with Gasteiger partial charge in [-0.3, -0.25) is 0 Å². The molecule has 0 atom stereocenters. The van der Waals surface area contributed by atoms with E-state index in [1.54, 1.807) is 0 Å². The summed E-state index contributed by atoms with van der Waals surface area (Å²) in [5.74, 6) is -3.08. The van der Waals surface area contributed by atoms with Crippen molar-refractivity contribution in [3.8, 4) is 5.75 Å². The van der Waals surface area contributed by atoms with Crippen LogP contribution in [0, 0.1) is 0 Å².